The fraction of sp³-hybridized carbons (Fsp3) is 0.381. The molecule has 0 bridgehead atoms. The van der Waals surface area contributed by atoms with Crippen LogP contribution in [0.5, 0.6) is 0 Å². The van der Waals surface area contributed by atoms with Gasteiger partial charge in [0.1, 0.15) is 11.9 Å². The van der Waals surface area contributed by atoms with Crippen molar-refractivity contribution >= 4 is 17.3 Å². The molecule has 1 aliphatic heterocycles. The van der Waals surface area contributed by atoms with Gasteiger partial charge in [-0.2, -0.15) is 0 Å². The van der Waals surface area contributed by atoms with Gasteiger partial charge in [0.2, 0.25) is 0 Å². The minimum Gasteiger partial charge on any atom is -0.390 e. The summed E-state index contributed by atoms with van der Waals surface area (Å²) >= 11 is 5.94. The molecule has 0 spiro atoms. The maximum absolute atomic E-state index is 14.1. The average molecular weight is 407 g/mol. The molecular formula is C21H24ClFN2O3. The first-order valence-electron chi connectivity index (χ1n) is 9.16. The van der Waals surface area contributed by atoms with Gasteiger partial charge in [0, 0.05) is 43.8 Å². The lowest BCUT2D eigenvalue weighted by Gasteiger charge is -2.26. The highest BCUT2D eigenvalue weighted by atomic mass is 35.5. The number of methoxy groups -OCH3 is 1. The standard InChI is InChI=1S/C21H24ClFN2O3/c1-27-14-18(26)12-25(11-16-4-2-3-5-20(16)23)13-19-10-21(24-28-19)15-6-8-17(22)9-7-15/h2-9,18-19,26H,10-14H2,1H3. The SMILES string of the molecule is COCC(O)CN(Cc1ccccc1F)CC1CC(c2ccc(Cl)cc2)=NO1. The van der Waals surface area contributed by atoms with Gasteiger partial charge in [-0.1, -0.05) is 47.1 Å². The van der Waals surface area contributed by atoms with E-state index in [1.54, 1.807) is 18.2 Å². The molecule has 0 fully saturated rings. The van der Waals surface area contributed by atoms with Gasteiger partial charge in [0.15, 0.2) is 0 Å². The summed E-state index contributed by atoms with van der Waals surface area (Å²) < 4.78 is 19.1. The molecule has 0 saturated carbocycles. The molecule has 28 heavy (non-hydrogen) atoms. The molecule has 150 valence electrons. The number of oxime groups is 1. The summed E-state index contributed by atoms with van der Waals surface area (Å²) in [6.07, 6.45) is -0.211. The van der Waals surface area contributed by atoms with Crippen LogP contribution in [0.2, 0.25) is 5.02 Å². The Balaban J connectivity index is 1.64. The van der Waals surface area contributed by atoms with E-state index < -0.39 is 6.10 Å². The Labute approximate surface area is 169 Å². The minimum absolute atomic E-state index is 0.174. The number of aliphatic hydroxyl groups excluding tert-OH is 1. The van der Waals surface area contributed by atoms with E-state index >= 15 is 0 Å². The predicted molar refractivity (Wildman–Crippen MR) is 107 cm³/mol. The van der Waals surface area contributed by atoms with Gasteiger partial charge >= 0.3 is 0 Å². The second-order valence-electron chi connectivity index (χ2n) is 6.87. The molecule has 2 aromatic carbocycles. The monoisotopic (exact) mass is 406 g/mol. The second kappa shape index (κ2) is 9.98. The Hall–Kier alpha value is -1.99. The molecule has 0 aromatic heterocycles. The Morgan fingerprint density at radius 1 is 1.29 bits per heavy atom. The van der Waals surface area contributed by atoms with Crippen LogP contribution in [0, 0.1) is 5.82 Å². The molecule has 2 atom stereocenters. The van der Waals surface area contributed by atoms with Crippen LogP contribution < -0.4 is 0 Å². The van der Waals surface area contributed by atoms with E-state index in [0.29, 0.717) is 36.6 Å². The van der Waals surface area contributed by atoms with Crippen molar-refractivity contribution in [3.05, 3.63) is 70.5 Å². The van der Waals surface area contributed by atoms with E-state index in [1.165, 1.54) is 13.2 Å². The molecule has 1 heterocycles. The van der Waals surface area contributed by atoms with E-state index in [0.717, 1.165) is 11.3 Å². The first kappa shape index (κ1) is 20.7. The quantitative estimate of drug-likeness (QED) is 0.692. The minimum atomic E-state index is -0.671. The van der Waals surface area contributed by atoms with Crippen molar-refractivity contribution < 1.29 is 19.1 Å². The van der Waals surface area contributed by atoms with Crippen LogP contribution in [0.25, 0.3) is 0 Å². The van der Waals surface area contributed by atoms with Gasteiger partial charge < -0.3 is 14.7 Å². The fourth-order valence-corrected chi connectivity index (χ4v) is 3.37. The van der Waals surface area contributed by atoms with Gasteiger partial charge in [0.05, 0.1) is 18.4 Å². The summed E-state index contributed by atoms with van der Waals surface area (Å²) in [5, 5.41) is 15.0. The zero-order valence-electron chi connectivity index (χ0n) is 15.7. The van der Waals surface area contributed by atoms with E-state index in [-0.39, 0.29) is 18.5 Å². The topological polar surface area (TPSA) is 54.3 Å². The summed E-state index contributed by atoms with van der Waals surface area (Å²) in [6.45, 7) is 1.43. The number of rotatable bonds is 9. The molecule has 0 saturated heterocycles. The van der Waals surface area contributed by atoms with Gasteiger partial charge in [-0.15, -0.1) is 0 Å². The normalized spacial score (nSPS) is 17.5. The maximum Gasteiger partial charge on any atom is 0.145 e. The van der Waals surface area contributed by atoms with Crippen LogP contribution in [0.3, 0.4) is 0 Å². The van der Waals surface area contributed by atoms with Gasteiger partial charge in [-0.05, 0) is 23.8 Å². The molecule has 1 aliphatic rings. The summed E-state index contributed by atoms with van der Waals surface area (Å²) in [5.41, 5.74) is 2.39. The highest BCUT2D eigenvalue weighted by Gasteiger charge is 2.26. The first-order valence-corrected chi connectivity index (χ1v) is 9.54. The van der Waals surface area contributed by atoms with E-state index in [1.807, 2.05) is 29.2 Å². The molecule has 0 amide bonds. The highest BCUT2D eigenvalue weighted by Crippen LogP contribution is 2.20. The lowest BCUT2D eigenvalue weighted by molar-refractivity contribution is 0.00892. The number of hydrogen-bond donors (Lipinski definition) is 1. The molecule has 2 aromatic rings. The Morgan fingerprint density at radius 2 is 2.04 bits per heavy atom. The Bertz CT molecular complexity index is 800. The van der Waals surface area contributed by atoms with E-state index in [2.05, 4.69) is 5.16 Å². The van der Waals surface area contributed by atoms with E-state index in [4.69, 9.17) is 21.2 Å². The van der Waals surface area contributed by atoms with Crippen LogP contribution in [0.1, 0.15) is 17.5 Å². The molecule has 3 rings (SSSR count). The van der Waals surface area contributed by atoms with Crippen molar-refractivity contribution in [2.75, 3.05) is 26.8 Å². The third-order valence-corrected chi connectivity index (χ3v) is 4.80. The fourth-order valence-electron chi connectivity index (χ4n) is 3.24. The van der Waals surface area contributed by atoms with Crippen LogP contribution in [-0.2, 0) is 16.1 Å². The average Bonchev–Trinajstić information content (AvgIpc) is 3.13. The van der Waals surface area contributed by atoms with Crippen molar-refractivity contribution in [1.29, 1.82) is 0 Å². The van der Waals surface area contributed by atoms with Crippen molar-refractivity contribution in [3.8, 4) is 0 Å². The van der Waals surface area contributed by atoms with Gasteiger partial charge in [0.25, 0.3) is 0 Å². The molecular weight excluding hydrogens is 383 g/mol. The largest absolute Gasteiger partial charge is 0.390 e. The number of aliphatic hydroxyl groups is 1. The smallest absolute Gasteiger partial charge is 0.145 e. The molecule has 0 aliphatic carbocycles. The van der Waals surface area contributed by atoms with E-state index in [9.17, 15) is 9.50 Å². The molecule has 0 radical (unpaired) electrons. The van der Waals surface area contributed by atoms with Crippen molar-refractivity contribution in [3.63, 3.8) is 0 Å². The zero-order chi connectivity index (χ0) is 19.9. The van der Waals surface area contributed by atoms with Crippen LogP contribution in [-0.4, -0.2) is 54.7 Å². The maximum atomic E-state index is 14.1. The van der Waals surface area contributed by atoms with Gasteiger partial charge in [-0.25, -0.2) is 4.39 Å². The number of nitrogens with zero attached hydrogens (tertiary/aromatic N) is 2. The highest BCUT2D eigenvalue weighted by molar-refractivity contribution is 6.30. The molecule has 1 N–H and O–H groups in total. The second-order valence-corrected chi connectivity index (χ2v) is 7.31. The van der Waals surface area contributed by atoms with Crippen LogP contribution in [0.15, 0.2) is 53.7 Å². The zero-order valence-corrected chi connectivity index (χ0v) is 16.5. The van der Waals surface area contributed by atoms with Crippen molar-refractivity contribution in [2.24, 2.45) is 5.16 Å². The molecule has 7 heteroatoms. The number of halogens is 2. The van der Waals surface area contributed by atoms with Crippen molar-refractivity contribution in [2.45, 2.75) is 25.2 Å². The Kier molecular flexibility index (Phi) is 7.39. The van der Waals surface area contributed by atoms with Crippen molar-refractivity contribution in [1.82, 2.24) is 4.90 Å². The number of benzene rings is 2. The lowest BCUT2D eigenvalue weighted by atomic mass is 10.0. The molecule has 5 nitrogen and oxygen atoms in total. The van der Waals surface area contributed by atoms with Crippen LogP contribution in [0.4, 0.5) is 4.39 Å². The number of hydrogen-bond acceptors (Lipinski definition) is 5. The number of ether oxygens (including phenoxy) is 1. The lowest BCUT2D eigenvalue weighted by Crippen LogP contribution is -2.39. The summed E-state index contributed by atoms with van der Waals surface area (Å²) in [4.78, 5) is 7.56. The predicted octanol–water partition coefficient (Wildman–Crippen LogP) is 3.48. The Morgan fingerprint density at radius 3 is 2.75 bits per heavy atom. The summed E-state index contributed by atoms with van der Waals surface area (Å²) in [7, 11) is 1.54. The third-order valence-electron chi connectivity index (χ3n) is 4.55. The molecule has 2 unspecified atom stereocenters. The first-order chi connectivity index (χ1) is 13.5. The van der Waals surface area contributed by atoms with Crippen LogP contribution >= 0.6 is 11.6 Å². The summed E-state index contributed by atoms with van der Waals surface area (Å²) in [6, 6.07) is 14.1. The third kappa shape index (κ3) is 5.75. The summed E-state index contributed by atoms with van der Waals surface area (Å²) in [5.74, 6) is -0.265. The van der Waals surface area contributed by atoms with Gasteiger partial charge in [-0.3, -0.25) is 4.90 Å².